The zero-order valence-electron chi connectivity index (χ0n) is 15.7. The lowest BCUT2D eigenvalue weighted by molar-refractivity contribution is -0.386. The Hall–Kier alpha value is -3.23. The molecule has 0 radical (unpaired) electrons. The van der Waals surface area contributed by atoms with Crippen molar-refractivity contribution in [3.8, 4) is 0 Å². The first-order valence-electron chi connectivity index (χ1n) is 8.70. The SMILES string of the molecule is Cc1nn(CC(=O)NC(c2nc3ccccc3[nH]2)C(C)C)c(C)c1[N+](=O)[O-]. The van der Waals surface area contributed by atoms with Crippen molar-refractivity contribution < 1.29 is 9.72 Å². The van der Waals surface area contributed by atoms with Gasteiger partial charge in [-0.2, -0.15) is 5.10 Å². The first kappa shape index (κ1) is 18.6. The number of carbonyl (C=O) groups excluding carboxylic acids is 1. The van der Waals surface area contributed by atoms with E-state index in [9.17, 15) is 14.9 Å². The molecular formula is C18H22N6O3. The molecule has 0 fully saturated rings. The molecule has 0 aliphatic heterocycles. The molecule has 1 unspecified atom stereocenters. The van der Waals surface area contributed by atoms with E-state index in [4.69, 9.17) is 0 Å². The van der Waals surface area contributed by atoms with Crippen LogP contribution in [0, 0.1) is 29.9 Å². The van der Waals surface area contributed by atoms with Gasteiger partial charge in [0.05, 0.1) is 22.0 Å². The van der Waals surface area contributed by atoms with E-state index < -0.39 is 4.92 Å². The summed E-state index contributed by atoms with van der Waals surface area (Å²) in [5.74, 6) is 0.498. The largest absolute Gasteiger partial charge is 0.344 e. The maximum absolute atomic E-state index is 12.6. The number of para-hydroxylation sites is 2. The average molecular weight is 370 g/mol. The summed E-state index contributed by atoms with van der Waals surface area (Å²) in [5.41, 5.74) is 2.34. The van der Waals surface area contributed by atoms with Crippen LogP contribution in [0.4, 0.5) is 5.69 Å². The van der Waals surface area contributed by atoms with E-state index in [0.717, 1.165) is 11.0 Å². The molecule has 0 saturated carbocycles. The highest BCUT2D eigenvalue weighted by Gasteiger charge is 2.25. The molecule has 9 nitrogen and oxygen atoms in total. The number of aryl methyl sites for hydroxylation is 1. The van der Waals surface area contributed by atoms with Crippen molar-refractivity contribution in [2.24, 2.45) is 5.92 Å². The van der Waals surface area contributed by atoms with Gasteiger partial charge in [0.2, 0.25) is 5.91 Å². The van der Waals surface area contributed by atoms with E-state index in [1.165, 1.54) is 4.68 Å². The molecule has 1 amide bonds. The minimum Gasteiger partial charge on any atom is -0.344 e. The van der Waals surface area contributed by atoms with Crippen LogP contribution in [0.25, 0.3) is 11.0 Å². The smallest absolute Gasteiger partial charge is 0.312 e. The van der Waals surface area contributed by atoms with Gasteiger partial charge >= 0.3 is 5.69 Å². The van der Waals surface area contributed by atoms with Crippen LogP contribution in [0.5, 0.6) is 0 Å². The molecule has 2 N–H and O–H groups in total. The van der Waals surface area contributed by atoms with Crippen molar-refractivity contribution in [3.05, 3.63) is 51.6 Å². The molecule has 142 valence electrons. The second-order valence-corrected chi connectivity index (χ2v) is 6.86. The van der Waals surface area contributed by atoms with Gasteiger partial charge in [0.15, 0.2) is 0 Å². The second-order valence-electron chi connectivity index (χ2n) is 6.86. The van der Waals surface area contributed by atoms with E-state index >= 15 is 0 Å². The number of amides is 1. The summed E-state index contributed by atoms with van der Waals surface area (Å²) in [5, 5.41) is 18.2. The van der Waals surface area contributed by atoms with Crippen LogP contribution < -0.4 is 5.32 Å². The molecule has 1 atom stereocenters. The number of nitro groups is 1. The summed E-state index contributed by atoms with van der Waals surface area (Å²) in [4.78, 5) is 31.0. The lowest BCUT2D eigenvalue weighted by Gasteiger charge is -2.20. The number of H-pyrrole nitrogens is 1. The number of aromatic amines is 1. The van der Waals surface area contributed by atoms with Crippen LogP contribution >= 0.6 is 0 Å². The lowest BCUT2D eigenvalue weighted by atomic mass is 10.0. The Bertz CT molecular complexity index is 971. The standard InChI is InChI=1S/C18H22N6O3/c1-10(2)16(18-19-13-7-5-6-8-14(13)20-18)21-15(25)9-23-12(4)17(24(26)27)11(3)22-23/h5-8,10,16H,9H2,1-4H3,(H,19,20)(H,21,25). The molecule has 1 aromatic carbocycles. The monoisotopic (exact) mass is 370 g/mol. The summed E-state index contributed by atoms with van der Waals surface area (Å²) in [6.07, 6.45) is 0. The van der Waals surface area contributed by atoms with Crippen molar-refractivity contribution >= 4 is 22.6 Å². The topological polar surface area (TPSA) is 119 Å². The van der Waals surface area contributed by atoms with Crippen LogP contribution in [0.3, 0.4) is 0 Å². The van der Waals surface area contributed by atoms with Crippen molar-refractivity contribution in [2.75, 3.05) is 0 Å². The molecule has 2 heterocycles. The molecule has 27 heavy (non-hydrogen) atoms. The quantitative estimate of drug-likeness (QED) is 0.511. The predicted molar refractivity (Wildman–Crippen MR) is 100 cm³/mol. The highest BCUT2D eigenvalue weighted by Crippen LogP contribution is 2.23. The Morgan fingerprint density at radius 3 is 2.63 bits per heavy atom. The third kappa shape index (κ3) is 3.67. The minimum absolute atomic E-state index is 0.0551. The van der Waals surface area contributed by atoms with Crippen LogP contribution in [0.15, 0.2) is 24.3 Å². The number of nitrogens with zero attached hydrogens (tertiary/aromatic N) is 4. The van der Waals surface area contributed by atoms with Gasteiger partial charge in [-0.1, -0.05) is 26.0 Å². The number of hydrogen-bond donors (Lipinski definition) is 2. The molecule has 0 aliphatic rings. The third-order valence-corrected chi connectivity index (χ3v) is 4.50. The maximum atomic E-state index is 12.6. The Morgan fingerprint density at radius 2 is 2.04 bits per heavy atom. The molecule has 0 saturated heterocycles. The fourth-order valence-corrected chi connectivity index (χ4v) is 3.13. The number of nitrogens with one attached hydrogen (secondary N) is 2. The minimum atomic E-state index is -0.475. The lowest BCUT2D eigenvalue weighted by Crippen LogP contribution is -2.35. The number of imidazole rings is 1. The van der Waals surface area contributed by atoms with Gasteiger partial charge in [-0.15, -0.1) is 0 Å². The molecule has 0 spiro atoms. The molecule has 0 bridgehead atoms. The Labute approximate surface area is 155 Å². The predicted octanol–water partition coefficient (Wildman–Crippen LogP) is 2.80. The first-order chi connectivity index (χ1) is 12.8. The highest BCUT2D eigenvalue weighted by atomic mass is 16.6. The fourth-order valence-electron chi connectivity index (χ4n) is 3.13. The third-order valence-electron chi connectivity index (χ3n) is 4.50. The number of rotatable bonds is 6. The highest BCUT2D eigenvalue weighted by molar-refractivity contribution is 5.77. The number of carbonyl (C=O) groups is 1. The van der Waals surface area contributed by atoms with Crippen LogP contribution in [0.1, 0.15) is 37.1 Å². The zero-order chi connectivity index (χ0) is 19.7. The number of benzene rings is 1. The molecular weight excluding hydrogens is 348 g/mol. The van der Waals surface area contributed by atoms with E-state index in [1.54, 1.807) is 13.8 Å². The molecule has 2 aromatic heterocycles. The van der Waals surface area contributed by atoms with Crippen molar-refractivity contribution in [2.45, 2.75) is 40.3 Å². The van der Waals surface area contributed by atoms with E-state index in [2.05, 4.69) is 20.4 Å². The van der Waals surface area contributed by atoms with Gasteiger partial charge < -0.3 is 10.3 Å². The molecule has 3 aromatic rings. The molecule has 0 aliphatic carbocycles. The van der Waals surface area contributed by atoms with Gasteiger partial charge in [-0.05, 0) is 31.9 Å². The van der Waals surface area contributed by atoms with E-state index in [0.29, 0.717) is 17.2 Å². The van der Waals surface area contributed by atoms with Gasteiger partial charge in [-0.25, -0.2) is 4.98 Å². The Kier molecular flexibility index (Phi) is 4.93. The number of aromatic nitrogens is 4. The molecule has 3 rings (SSSR count). The van der Waals surface area contributed by atoms with Gasteiger partial charge in [0.1, 0.15) is 23.8 Å². The second kappa shape index (κ2) is 7.18. The fraction of sp³-hybridized carbons (Fsp3) is 0.389. The van der Waals surface area contributed by atoms with Crippen LogP contribution in [-0.4, -0.2) is 30.6 Å². The molecule has 9 heteroatoms. The maximum Gasteiger partial charge on any atom is 0.312 e. The van der Waals surface area contributed by atoms with Gasteiger partial charge in [-0.3, -0.25) is 19.6 Å². The summed E-state index contributed by atoms with van der Waals surface area (Å²) < 4.78 is 1.36. The van der Waals surface area contributed by atoms with Gasteiger partial charge in [0.25, 0.3) is 0 Å². The summed E-state index contributed by atoms with van der Waals surface area (Å²) in [6, 6.07) is 7.36. The van der Waals surface area contributed by atoms with E-state index in [-0.39, 0.29) is 30.1 Å². The Morgan fingerprint density at radius 1 is 1.33 bits per heavy atom. The zero-order valence-corrected chi connectivity index (χ0v) is 15.7. The van der Waals surface area contributed by atoms with Crippen LogP contribution in [-0.2, 0) is 11.3 Å². The van der Waals surface area contributed by atoms with Crippen molar-refractivity contribution in [3.63, 3.8) is 0 Å². The summed E-state index contributed by atoms with van der Waals surface area (Å²) in [7, 11) is 0. The normalized spacial score (nSPS) is 12.5. The van der Waals surface area contributed by atoms with Gasteiger partial charge in [0, 0.05) is 0 Å². The number of fused-ring (bicyclic) bond motifs is 1. The first-order valence-corrected chi connectivity index (χ1v) is 8.70. The van der Waals surface area contributed by atoms with Crippen LogP contribution in [0.2, 0.25) is 0 Å². The number of hydrogen-bond acceptors (Lipinski definition) is 5. The van der Waals surface area contributed by atoms with E-state index in [1.807, 2.05) is 38.1 Å². The van der Waals surface area contributed by atoms with Crippen molar-refractivity contribution in [1.82, 2.24) is 25.1 Å². The summed E-state index contributed by atoms with van der Waals surface area (Å²) in [6.45, 7) is 7.04. The summed E-state index contributed by atoms with van der Waals surface area (Å²) >= 11 is 0. The van der Waals surface area contributed by atoms with Crippen molar-refractivity contribution in [1.29, 1.82) is 0 Å². The average Bonchev–Trinajstić information content (AvgIpc) is 3.13. The Balaban J connectivity index is 1.80.